The molecule has 0 aliphatic carbocycles. The number of fused-ring (bicyclic) bond motifs is 4. The standard InChI is InChI=1S/C38H24N4/c1-2-12-25(13-3-1)36-31-19-7-9-21-34(31)41-38(42-36)27-15-10-14-26(24-27)32-22-11-23-35(39-32)37-30-18-5-4-16-28(30)29-17-6-8-20-33(29)40-37/h1-24H. The molecule has 3 aromatic heterocycles. The van der Waals surface area contributed by atoms with Gasteiger partial charge in [-0.2, -0.15) is 0 Å². The Balaban J connectivity index is 1.25. The van der Waals surface area contributed by atoms with Gasteiger partial charge in [0.1, 0.15) is 0 Å². The van der Waals surface area contributed by atoms with Crippen LogP contribution in [0.15, 0.2) is 146 Å². The van der Waals surface area contributed by atoms with Crippen LogP contribution in [0.4, 0.5) is 0 Å². The van der Waals surface area contributed by atoms with Gasteiger partial charge >= 0.3 is 0 Å². The number of pyridine rings is 2. The lowest BCUT2D eigenvalue weighted by atomic mass is 10.0. The predicted molar refractivity (Wildman–Crippen MR) is 172 cm³/mol. The van der Waals surface area contributed by atoms with Crippen LogP contribution < -0.4 is 0 Å². The highest BCUT2D eigenvalue weighted by molar-refractivity contribution is 6.10. The lowest BCUT2D eigenvalue weighted by molar-refractivity contribution is 1.23. The summed E-state index contributed by atoms with van der Waals surface area (Å²) in [4.78, 5) is 20.2. The largest absolute Gasteiger partial charge is 0.246 e. The predicted octanol–water partition coefficient (Wildman–Crippen LogP) is 9.39. The van der Waals surface area contributed by atoms with Crippen LogP contribution >= 0.6 is 0 Å². The fourth-order valence-electron chi connectivity index (χ4n) is 5.67. The normalized spacial score (nSPS) is 11.3. The first-order chi connectivity index (χ1) is 20.8. The van der Waals surface area contributed by atoms with Gasteiger partial charge in [0.25, 0.3) is 0 Å². The smallest absolute Gasteiger partial charge is 0.160 e. The Bertz CT molecular complexity index is 2260. The van der Waals surface area contributed by atoms with E-state index in [9.17, 15) is 0 Å². The highest BCUT2D eigenvalue weighted by atomic mass is 14.9. The molecule has 0 N–H and O–H groups in total. The molecule has 196 valence electrons. The monoisotopic (exact) mass is 536 g/mol. The minimum absolute atomic E-state index is 0.688. The SMILES string of the molecule is c1ccc(-c2nc(-c3cccc(-c4cccc(-c5nc6ccccc6c6ccccc56)n4)c3)nc3ccccc23)cc1. The molecule has 0 saturated carbocycles. The van der Waals surface area contributed by atoms with Crippen molar-refractivity contribution in [2.45, 2.75) is 0 Å². The Hall–Kier alpha value is -5.74. The van der Waals surface area contributed by atoms with Crippen molar-refractivity contribution in [1.29, 1.82) is 0 Å². The molecule has 0 unspecified atom stereocenters. The third-order valence-electron chi connectivity index (χ3n) is 7.67. The molecule has 0 spiro atoms. The van der Waals surface area contributed by atoms with E-state index < -0.39 is 0 Å². The second-order valence-electron chi connectivity index (χ2n) is 10.3. The molecule has 0 aliphatic heterocycles. The van der Waals surface area contributed by atoms with Crippen molar-refractivity contribution in [1.82, 2.24) is 19.9 Å². The van der Waals surface area contributed by atoms with Gasteiger partial charge in [0.05, 0.1) is 33.8 Å². The van der Waals surface area contributed by atoms with Crippen LogP contribution in [0.5, 0.6) is 0 Å². The Morgan fingerprint density at radius 1 is 0.310 bits per heavy atom. The van der Waals surface area contributed by atoms with Crippen molar-refractivity contribution < 1.29 is 0 Å². The molecule has 0 radical (unpaired) electrons. The molecule has 42 heavy (non-hydrogen) atoms. The maximum Gasteiger partial charge on any atom is 0.160 e. The third kappa shape index (κ3) is 4.18. The van der Waals surface area contributed by atoms with Gasteiger partial charge in [0.15, 0.2) is 5.82 Å². The van der Waals surface area contributed by atoms with Gasteiger partial charge in [-0.05, 0) is 35.7 Å². The number of nitrogens with zero attached hydrogens (tertiary/aromatic N) is 4. The van der Waals surface area contributed by atoms with E-state index in [1.807, 2.05) is 60.7 Å². The summed E-state index contributed by atoms with van der Waals surface area (Å²) in [5.74, 6) is 0.688. The summed E-state index contributed by atoms with van der Waals surface area (Å²) in [6.45, 7) is 0. The van der Waals surface area contributed by atoms with Crippen molar-refractivity contribution in [3.63, 3.8) is 0 Å². The van der Waals surface area contributed by atoms with Crippen LogP contribution in [-0.2, 0) is 0 Å². The first-order valence-corrected chi connectivity index (χ1v) is 14.0. The fourth-order valence-corrected chi connectivity index (χ4v) is 5.67. The van der Waals surface area contributed by atoms with Gasteiger partial charge in [0.2, 0.25) is 0 Å². The zero-order valence-electron chi connectivity index (χ0n) is 22.6. The van der Waals surface area contributed by atoms with E-state index in [2.05, 4.69) is 84.9 Å². The third-order valence-corrected chi connectivity index (χ3v) is 7.67. The first-order valence-electron chi connectivity index (χ1n) is 14.0. The Labute approximate surface area is 243 Å². The molecule has 0 atom stereocenters. The molecule has 0 bridgehead atoms. The summed E-state index contributed by atoms with van der Waals surface area (Å²) in [7, 11) is 0. The maximum absolute atomic E-state index is 5.12. The molecule has 0 aliphatic rings. The van der Waals surface area contributed by atoms with Crippen molar-refractivity contribution in [3.05, 3.63) is 146 Å². The Kier molecular flexibility index (Phi) is 5.75. The molecule has 4 nitrogen and oxygen atoms in total. The summed E-state index contributed by atoms with van der Waals surface area (Å²) in [5.41, 5.74) is 8.41. The highest BCUT2D eigenvalue weighted by Crippen LogP contribution is 2.34. The van der Waals surface area contributed by atoms with Crippen LogP contribution in [0, 0.1) is 0 Å². The minimum atomic E-state index is 0.688. The van der Waals surface area contributed by atoms with Gasteiger partial charge in [-0.1, -0.05) is 115 Å². The quantitative estimate of drug-likeness (QED) is 0.210. The molecular weight excluding hydrogens is 512 g/mol. The summed E-state index contributed by atoms with van der Waals surface area (Å²) in [6.07, 6.45) is 0. The second-order valence-corrected chi connectivity index (χ2v) is 10.3. The van der Waals surface area contributed by atoms with E-state index in [-0.39, 0.29) is 0 Å². The number of aromatic nitrogens is 4. The highest BCUT2D eigenvalue weighted by Gasteiger charge is 2.14. The van der Waals surface area contributed by atoms with Crippen molar-refractivity contribution in [2.24, 2.45) is 0 Å². The number of para-hydroxylation sites is 2. The number of hydrogen-bond donors (Lipinski definition) is 0. The summed E-state index contributed by atoms with van der Waals surface area (Å²) in [6, 6.07) is 49.6. The van der Waals surface area contributed by atoms with Crippen LogP contribution in [0.3, 0.4) is 0 Å². The van der Waals surface area contributed by atoms with Gasteiger partial charge < -0.3 is 0 Å². The number of benzene rings is 5. The van der Waals surface area contributed by atoms with E-state index in [1.54, 1.807) is 0 Å². The van der Waals surface area contributed by atoms with Crippen LogP contribution in [-0.4, -0.2) is 19.9 Å². The lowest BCUT2D eigenvalue weighted by Gasteiger charge is -2.12. The average Bonchev–Trinajstić information content (AvgIpc) is 3.08. The molecule has 8 aromatic rings. The zero-order chi connectivity index (χ0) is 27.9. The molecule has 0 saturated heterocycles. The molecular formula is C38H24N4. The zero-order valence-corrected chi connectivity index (χ0v) is 22.6. The van der Waals surface area contributed by atoms with Crippen molar-refractivity contribution in [3.8, 4) is 45.3 Å². The van der Waals surface area contributed by atoms with Crippen molar-refractivity contribution in [2.75, 3.05) is 0 Å². The molecule has 0 amide bonds. The molecule has 4 heteroatoms. The van der Waals surface area contributed by atoms with Crippen molar-refractivity contribution >= 4 is 32.6 Å². The van der Waals surface area contributed by atoms with E-state index in [0.29, 0.717) is 5.82 Å². The second kappa shape index (κ2) is 10.0. The number of rotatable bonds is 4. The summed E-state index contributed by atoms with van der Waals surface area (Å²) in [5, 5.41) is 4.45. The molecule has 3 heterocycles. The minimum Gasteiger partial charge on any atom is -0.246 e. The Morgan fingerprint density at radius 3 is 1.74 bits per heavy atom. The molecule has 0 fully saturated rings. The summed E-state index contributed by atoms with van der Waals surface area (Å²) < 4.78 is 0. The lowest BCUT2D eigenvalue weighted by Crippen LogP contribution is -1.96. The summed E-state index contributed by atoms with van der Waals surface area (Å²) >= 11 is 0. The van der Waals surface area contributed by atoms with Crippen LogP contribution in [0.2, 0.25) is 0 Å². The first kappa shape index (κ1) is 24.1. The van der Waals surface area contributed by atoms with Gasteiger partial charge in [0, 0.05) is 32.8 Å². The van der Waals surface area contributed by atoms with E-state index >= 15 is 0 Å². The average molecular weight is 537 g/mol. The maximum atomic E-state index is 5.12. The van der Waals surface area contributed by atoms with E-state index in [4.69, 9.17) is 19.9 Å². The van der Waals surface area contributed by atoms with Gasteiger partial charge in [-0.25, -0.2) is 19.9 Å². The van der Waals surface area contributed by atoms with E-state index in [1.165, 1.54) is 5.39 Å². The topological polar surface area (TPSA) is 51.6 Å². The fraction of sp³-hybridized carbons (Fsp3) is 0. The molecule has 8 rings (SSSR count). The van der Waals surface area contributed by atoms with Crippen LogP contribution in [0.1, 0.15) is 0 Å². The van der Waals surface area contributed by atoms with Gasteiger partial charge in [-0.15, -0.1) is 0 Å². The number of hydrogen-bond acceptors (Lipinski definition) is 4. The molecule has 5 aromatic carbocycles. The van der Waals surface area contributed by atoms with Gasteiger partial charge in [-0.3, -0.25) is 0 Å². The van der Waals surface area contributed by atoms with Crippen LogP contribution in [0.25, 0.3) is 77.9 Å². The van der Waals surface area contributed by atoms with E-state index in [0.717, 1.165) is 66.7 Å². The Morgan fingerprint density at radius 2 is 0.905 bits per heavy atom.